The first kappa shape index (κ1) is 19.1. The number of aromatic nitrogens is 2. The maximum Gasteiger partial charge on any atom is 0.517 e. The van der Waals surface area contributed by atoms with Gasteiger partial charge in [0, 0.05) is 18.3 Å². The van der Waals surface area contributed by atoms with Crippen LogP contribution in [0.25, 0.3) is 0 Å². The van der Waals surface area contributed by atoms with Crippen LogP contribution in [-0.4, -0.2) is 29.8 Å². The average Bonchev–Trinajstić information content (AvgIpc) is 2.55. The molecule has 0 radical (unpaired) electrons. The molecule has 0 N–H and O–H groups in total. The third-order valence-electron chi connectivity index (χ3n) is 4.01. The molecule has 11 heteroatoms. The largest absolute Gasteiger partial charge is 0.517 e. The molecule has 0 bridgehead atoms. The van der Waals surface area contributed by atoms with Crippen LogP contribution in [0.1, 0.15) is 19.3 Å². The Morgan fingerprint density at radius 1 is 1.11 bits per heavy atom. The van der Waals surface area contributed by atoms with Crippen LogP contribution >= 0.6 is 0 Å². The Morgan fingerprint density at radius 3 is 2.19 bits per heavy atom. The van der Waals surface area contributed by atoms with E-state index >= 15 is 0 Å². The Morgan fingerprint density at radius 2 is 1.70 bits per heavy atom. The van der Waals surface area contributed by atoms with Gasteiger partial charge in [-0.25, -0.2) is 9.97 Å². The van der Waals surface area contributed by atoms with Gasteiger partial charge >= 0.3 is 21.5 Å². The number of rotatable bonds is 5. The molecule has 1 aliphatic carbocycles. The quantitative estimate of drug-likeness (QED) is 0.764. The van der Waals surface area contributed by atoms with Crippen molar-refractivity contribution in [2.24, 2.45) is 5.92 Å². The molecule has 1 aromatic heterocycles. The van der Waals surface area contributed by atoms with Crippen molar-refractivity contribution >= 4 is 21.6 Å². The molecule has 1 amide bonds. The molecule has 0 atom stereocenters. The van der Waals surface area contributed by atoms with E-state index in [0.717, 1.165) is 12.1 Å². The molecule has 27 heavy (non-hydrogen) atoms. The maximum absolute atomic E-state index is 13.1. The van der Waals surface area contributed by atoms with E-state index in [9.17, 15) is 26.4 Å². The lowest BCUT2D eigenvalue weighted by Gasteiger charge is -2.31. The highest BCUT2D eigenvalue weighted by molar-refractivity contribution is 7.94. The highest BCUT2D eigenvalue weighted by atomic mass is 32.2. The van der Waals surface area contributed by atoms with E-state index in [-0.39, 0.29) is 16.1 Å². The lowest BCUT2D eigenvalue weighted by atomic mass is 9.85. The van der Waals surface area contributed by atoms with E-state index in [1.807, 2.05) is 0 Å². The molecule has 0 aliphatic heterocycles. The van der Waals surface area contributed by atoms with Crippen molar-refractivity contribution in [2.75, 3.05) is 4.31 Å². The van der Waals surface area contributed by atoms with E-state index in [0.29, 0.717) is 19.3 Å². The number of hydrogen-bond acceptors (Lipinski definition) is 6. The summed E-state index contributed by atoms with van der Waals surface area (Å²) in [6, 6.07) is 6.19. The molecule has 3 rings (SSSR count). The number of nitrogens with zero attached hydrogens (tertiary/aromatic N) is 3. The Kier molecular flexibility index (Phi) is 5.05. The minimum atomic E-state index is -5.87. The molecule has 0 spiro atoms. The Bertz CT molecular complexity index is 914. The van der Waals surface area contributed by atoms with Gasteiger partial charge in [-0.3, -0.25) is 4.79 Å². The second kappa shape index (κ2) is 7.14. The number of halogens is 3. The van der Waals surface area contributed by atoms with Gasteiger partial charge in [0.2, 0.25) is 5.91 Å². The van der Waals surface area contributed by atoms with Crippen molar-refractivity contribution in [3.8, 4) is 11.8 Å². The van der Waals surface area contributed by atoms with E-state index < -0.39 is 33.0 Å². The fraction of sp³-hybridized carbons (Fsp3) is 0.312. The zero-order chi connectivity index (χ0) is 19.7. The predicted molar refractivity (Wildman–Crippen MR) is 88.3 cm³/mol. The number of sulfonamides is 1. The first-order valence-corrected chi connectivity index (χ1v) is 9.34. The van der Waals surface area contributed by atoms with Crippen LogP contribution in [0.2, 0.25) is 0 Å². The lowest BCUT2D eigenvalue weighted by Crippen LogP contribution is -2.48. The summed E-state index contributed by atoms with van der Waals surface area (Å²) in [5.74, 6) is -1.65. The SMILES string of the molecule is O=C(C1CCC1)N(c1ccc(Oc2ncccn2)cc1)S(=O)(=O)C(F)(F)F. The molecule has 1 aliphatic rings. The van der Waals surface area contributed by atoms with Crippen LogP contribution in [0.4, 0.5) is 18.9 Å². The molecule has 2 aromatic rings. The smallest absolute Gasteiger partial charge is 0.424 e. The third-order valence-corrected chi connectivity index (χ3v) is 5.47. The molecular formula is C16H14F3N3O4S. The van der Waals surface area contributed by atoms with Crippen LogP contribution in [0, 0.1) is 5.92 Å². The first-order chi connectivity index (χ1) is 12.7. The van der Waals surface area contributed by atoms with Gasteiger partial charge in [0.15, 0.2) is 0 Å². The Balaban J connectivity index is 1.91. The lowest BCUT2D eigenvalue weighted by molar-refractivity contribution is -0.123. The molecular weight excluding hydrogens is 387 g/mol. The maximum atomic E-state index is 13.1. The number of anilines is 1. The molecule has 1 heterocycles. The van der Waals surface area contributed by atoms with Crippen molar-refractivity contribution in [2.45, 2.75) is 24.8 Å². The summed E-state index contributed by atoms with van der Waals surface area (Å²) in [5, 5.41) is 0. The van der Waals surface area contributed by atoms with E-state index in [2.05, 4.69) is 9.97 Å². The van der Waals surface area contributed by atoms with Gasteiger partial charge in [-0.15, -0.1) is 0 Å². The average molecular weight is 401 g/mol. The zero-order valence-corrected chi connectivity index (χ0v) is 14.6. The molecule has 0 saturated heterocycles. The van der Waals surface area contributed by atoms with Gasteiger partial charge in [0.1, 0.15) is 5.75 Å². The topological polar surface area (TPSA) is 89.5 Å². The third kappa shape index (κ3) is 3.87. The van der Waals surface area contributed by atoms with Crippen LogP contribution in [0.3, 0.4) is 0 Å². The van der Waals surface area contributed by atoms with Gasteiger partial charge in [-0.1, -0.05) is 6.42 Å². The van der Waals surface area contributed by atoms with Crippen LogP contribution in [0.5, 0.6) is 11.8 Å². The number of ether oxygens (including phenoxy) is 1. The van der Waals surface area contributed by atoms with Crippen LogP contribution in [0.15, 0.2) is 42.7 Å². The van der Waals surface area contributed by atoms with E-state index in [4.69, 9.17) is 4.74 Å². The molecule has 1 aromatic carbocycles. The summed E-state index contributed by atoms with van der Waals surface area (Å²) in [6.07, 6.45) is 4.25. The summed E-state index contributed by atoms with van der Waals surface area (Å²) in [4.78, 5) is 20.1. The van der Waals surface area contributed by atoms with Crippen molar-refractivity contribution in [3.63, 3.8) is 0 Å². The number of amides is 1. The second-order valence-electron chi connectivity index (χ2n) is 5.81. The normalized spacial score (nSPS) is 15.1. The fourth-order valence-corrected chi connectivity index (χ4v) is 3.39. The van der Waals surface area contributed by atoms with E-state index in [1.54, 1.807) is 6.07 Å². The molecule has 7 nitrogen and oxygen atoms in total. The number of carbonyl (C=O) groups excluding carboxylic acids is 1. The van der Waals surface area contributed by atoms with Gasteiger partial charge in [0.25, 0.3) is 0 Å². The minimum Gasteiger partial charge on any atom is -0.424 e. The van der Waals surface area contributed by atoms with Crippen LogP contribution in [-0.2, 0) is 14.8 Å². The minimum absolute atomic E-state index is 0.00978. The first-order valence-electron chi connectivity index (χ1n) is 7.90. The highest BCUT2D eigenvalue weighted by Crippen LogP contribution is 2.37. The fourth-order valence-electron chi connectivity index (χ4n) is 2.40. The van der Waals surface area contributed by atoms with Crippen LogP contribution < -0.4 is 9.04 Å². The Labute approximate surface area is 152 Å². The van der Waals surface area contributed by atoms with Gasteiger partial charge in [0.05, 0.1) is 5.69 Å². The second-order valence-corrected chi connectivity index (χ2v) is 7.59. The summed E-state index contributed by atoms with van der Waals surface area (Å²) in [7, 11) is -5.87. The molecule has 0 unspecified atom stereocenters. The van der Waals surface area contributed by atoms with Crippen molar-refractivity contribution in [3.05, 3.63) is 42.7 Å². The van der Waals surface area contributed by atoms with Gasteiger partial charge in [-0.05, 0) is 43.2 Å². The summed E-state index contributed by atoms with van der Waals surface area (Å²) in [6.45, 7) is 0. The Hall–Kier alpha value is -2.69. The summed E-state index contributed by atoms with van der Waals surface area (Å²) in [5.41, 5.74) is -6.01. The highest BCUT2D eigenvalue weighted by Gasteiger charge is 2.53. The zero-order valence-electron chi connectivity index (χ0n) is 13.8. The van der Waals surface area contributed by atoms with Gasteiger partial charge < -0.3 is 4.74 Å². The van der Waals surface area contributed by atoms with Crippen molar-refractivity contribution < 1.29 is 31.1 Å². The molecule has 1 saturated carbocycles. The monoisotopic (exact) mass is 401 g/mol. The summed E-state index contributed by atoms with van der Waals surface area (Å²) < 4.78 is 68.2. The van der Waals surface area contributed by atoms with Crippen molar-refractivity contribution in [1.82, 2.24) is 9.97 Å². The number of carbonyl (C=O) groups is 1. The number of benzene rings is 1. The molecule has 144 valence electrons. The van der Waals surface area contributed by atoms with Crippen molar-refractivity contribution in [1.29, 1.82) is 0 Å². The number of hydrogen-bond donors (Lipinski definition) is 0. The van der Waals surface area contributed by atoms with Gasteiger partial charge in [-0.2, -0.15) is 25.9 Å². The molecule has 1 fully saturated rings. The summed E-state index contributed by atoms with van der Waals surface area (Å²) >= 11 is 0. The standard InChI is InChI=1S/C16H14F3N3O4S/c17-16(18,19)27(24,25)22(14(23)11-3-1-4-11)12-5-7-13(8-6-12)26-15-20-9-2-10-21-15/h2,5-11H,1,3-4H2. The van der Waals surface area contributed by atoms with E-state index in [1.165, 1.54) is 24.5 Å². The predicted octanol–water partition coefficient (Wildman–Crippen LogP) is 3.25. The number of alkyl halides is 3.